The van der Waals surface area contributed by atoms with Gasteiger partial charge in [-0.15, -0.1) is 0 Å². The summed E-state index contributed by atoms with van der Waals surface area (Å²) in [4.78, 5) is 3.98. The lowest BCUT2D eigenvalue weighted by Crippen LogP contribution is -2.02. The van der Waals surface area contributed by atoms with Gasteiger partial charge >= 0.3 is 0 Å². The Balaban J connectivity index is 1.99. The molecule has 0 aliphatic carbocycles. The average Bonchev–Trinajstić information content (AvgIpc) is 2.44. The molecule has 0 bridgehead atoms. The standard InChI is InChI=1S/C16H15N3/c17-15-14(7-8-19-16(15)18)10-11-5-6-12-3-1-2-4-13(12)9-11/h1-9H,10,17H2,(H2,18,19). The molecule has 0 atom stereocenters. The zero-order valence-corrected chi connectivity index (χ0v) is 10.5. The molecule has 4 N–H and O–H groups in total. The van der Waals surface area contributed by atoms with Crippen LogP contribution in [0.25, 0.3) is 10.8 Å². The zero-order valence-electron chi connectivity index (χ0n) is 10.5. The summed E-state index contributed by atoms with van der Waals surface area (Å²) < 4.78 is 0. The molecule has 0 radical (unpaired) electrons. The van der Waals surface area contributed by atoms with E-state index in [1.165, 1.54) is 16.3 Å². The van der Waals surface area contributed by atoms with Gasteiger partial charge in [-0.1, -0.05) is 42.5 Å². The Morgan fingerprint density at radius 1 is 0.895 bits per heavy atom. The molecule has 3 aromatic rings. The van der Waals surface area contributed by atoms with Crippen LogP contribution in [0.5, 0.6) is 0 Å². The number of benzene rings is 2. The van der Waals surface area contributed by atoms with E-state index in [9.17, 15) is 0 Å². The Kier molecular flexibility index (Phi) is 2.80. The van der Waals surface area contributed by atoms with Gasteiger partial charge in [0.05, 0.1) is 5.69 Å². The smallest absolute Gasteiger partial charge is 0.146 e. The third-order valence-electron chi connectivity index (χ3n) is 3.32. The third kappa shape index (κ3) is 2.22. The molecule has 0 amide bonds. The topological polar surface area (TPSA) is 64.9 Å². The van der Waals surface area contributed by atoms with Gasteiger partial charge < -0.3 is 11.5 Å². The van der Waals surface area contributed by atoms with E-state index in [1.807, 2.05) is 18.2 Å². The molecule has 2 aromatic carbocycles. The number of aromatic nitrogens is 1. The molecule has 0 aliphatic heterocycles. The van der Waals surface area contributed by atoms with Gasteiger partial charge in [-0.3, -0.25) is 0 Å². The molecule has 0 spiro atoms. The second-order valence-corrected chi connectivity index (χ2v) is 4.63. The van der Waals surface area contributed by atoms with E-state index < -0.39 is 0 Å². The summed E-state index contributed by atoms with van der Waals surface area (Å²) in [5.41, 5.74) is 14.5. The summed E-state index contributed by atoms with van der Waals surface area (Å²) in [6, 6.07) is 16.7. The van der Waals surface area contributed by atoms with Crippen LogP contribution in [-0.2, 0) is 6.42 Å². The molecule has 3 rings (SSSR count). The monoisotopic (exact) mass is 249 g/mol. The van der Waals surface area contributed by atoms with Crippen LogP contribution in [0.15, 0.2) is 54.7 Å². The van der Waals surface area contributed by atoms with E-state index >= 15 is 0 Å². The summed E-state index contributed by atoms with van der Waals surface area (Å²) in [6.07, 6.45) is 2.46. The van der Waals surface area contributed by atoms with Crippen LogP contribution in [0.2, 0.25) is 0 Å². The molecule has 0 aliphatic rings. The van der Waals surface area contributed by atoms with Crippen LogP contribution in [0.3, 0.4) is 0 Å². The van der Waals surface area contributed by atoms with E-state index in [-0.39, 0.29) is 0 Å². The molecule has 19 heavy (non-hydrogen) atoms. The Morgan fingerprint density at radius 3 is 2.53 bits per heavy atom. The van der Waals surface area contributed by atoms with Gasteiger partial charge in [0.1, 0.15) is 5.82 Å². The number of hydrogen-bond donors (Lipinski definition) is 2. The maximum atomic E-state index is 5.96. The maximum absolute atomic E-state index is 5.96. The van der Waals surface area contributed by atoms with Crippen LogP contribution < -0.4 is 11.5 Å². The summed E-state index contributed by atoms with van der Waals surface area (Å²) in [5, 5.41) is 2.48. The molecule has 0 saturated heterocycles. The molecule has 3 heteroatoms. The Morgan fingerprint density at radius 2 is 1.68 bits per heavy atom. The van der Waals surface area contributed by atoms with Gasteiger partial charge in [0.25, 0.3) is 0 Å². The second kappa shape index (κ2) is 4.61. The van der Waals surface area contributed by atoms with E-state index in [0.717, 1.165) is 12.0 Å². The first kappa shape index (κ1) is 11.5. The quantitative estimate of drug-likeness (QED) is 0.733. The van der Waals surface area contributed by atoms with Gasteiger partial charge in [-0.2, -0.15) is 0 Å². The number of anilines is 2. The van der Waals surface area contributed by atoms with E-state index in [4.69, 9.17) is 11.5 Å². The fourth-order valence-electron chi connectivity index (χ4n) is 2.25. The van der Waals surface area contributed by atoms with Gasteiger partial charge in [0.15, 0.2) is 0 Å². The van der Waals surface area contributed by atoms with Gasteiger partial charge in [-0.25, -0.2) is 4.98 Å². The van der Waals surface area contributed by atoms with E-state index in [1.54, 1.807) is 6.20 Å². The number of nitrogens with two attached hydrogens (primary N) is 2. The summed E-state index contributed by atoms with van der Waals surface area (Å²) in [7, 11) is 0. The predicted octanol–water partition coefficient (Wildman–Crippen LogP) is 2.99. The lowest BCUT2D eigenvalue weighted by atomic mass is 10.0. The van der Waals surface area contributed by atoms with Crippen molar-refractivity contribution in [3.05, 3.63) is 65.9 Å². The van der Waals surface area contributed by atoms with Crippen molar-refractivity contribution in [2.45, 2.75) is 6.42 Å². The Labute approximate surface area is 111 Å². The van der Waals surface area contributed by atoms with Crippen molar-refractivity contribution >= 4 is 22.3 Å². The van der Waals surface area contributed by atoms with Gasteiger partial charge in [-0.05, 0) is 34.4 Å². The van der Waals surface area contributed by atoms with Crippen molar-refractivity contribution in [3.8, 4) is 0 Å². The lowest BCUT2D eigenvalue weighted by molar-refractivity contribution is 1.18. The van der Waals surface area contributed by atoms with Crippen LogP contribution in [0.1, 0.15) is 11.1 Å². The average molecular weight is 249 g/mol. The summed E-state index contributed by atoms with van der Waals surface area (Å²) in [6.45, 7) is 0. The Hall–Kier alpha value is -2.55. The Bertz CT molecular complexity index is 735. The normalized spacial score (nSPS) is 10.7. The van der Waals surface area contributed by atoms with Crippen molar-refractivity contribution in [3.63, 3.8) is 0 Å². The van der Waals surface area contributed by atoms with Crippen LogP contribution in [0, 0.1) is 0 Å². The number of pyridine rings is 1. The molecule has 0 unspecified atom stereocenters. The molecule has 1 heterocycles. The second-order valence-electron chi connectivity index (χ2n) is 4.63. The first-order valence-corrected chi connectivity index (χ1v) is 6.20. The largest absolute Gasteiger partial charge is 0.396 e. The minimum absolute atomic E-state index is 0.401. The van der Waals surface area contributed by atoms with Crippen LogP contribution >= 0.6 is 0 Å². The summed E-state index contributed by atoms with van der Waals surface area (Å²) in [5.74, 6) is 0.401. The minimum atomic E-state index is 0.401. The zero-order chi connectivity index (χ0) is 13.2. The van der Waals surface area contributed by atoms with Gasteiger partial charge in [0.2, 0.25) is 0 Å². The van der Waals surface area contributed by atoms with Gasteiger partial charge in [0, 0.05) is 6.20 Å². The van der Waals surface area contributed by atoms with Crippen molar-refractivity contribution < 1.29 is 0 Å². The fraction of sp³-hybridized carbons (Fsp3) is 0.0625. The maximum Gasteiger partial charge on any atom is 0.146 e. The molecule has 0 fully saturated rings. The van der Waals surface area contributed by atoms with E-state index in [0.29, 0.717) is 11.5 Å². The van der Waals surface area contributed by atoms with Crippen molar-refractivity contribution in [2.75, 3.05) is 11.5 Å². The van der Waals surface area contributed by atoms with Crippen molar-refractivity contribution in [1.82, 2.24) is 4.98 Å². The van der Waals surface area contributed by atoms with E-state index in [2.05, 4.69) is 35.3 Å². The fourth-order valence-corrected chi connectivity index (χ4v) is 2.25. The molecule has 0 saturated carbocycles. The summed E-state index contributed by atoms with van der Waals surface area (Å²) >= 11 is 0. The van der Waals surface area contributed by atoms with Crippen LogP contribution in [0.4, 0.5) is 11.5 Å². The molecule has 3 nitrogen and oxygen atoms in total. The number of nitrogen functional groups attached to an aromatic ring is 2. The number of nitrogens with zero attached hydrogens (tertiary/aromatic N) is 1. The highest BCUT2D eigenvalue weighted by atomic mass is 14.9. The highest BCUT2D eigenvalue weighted by Crippen LogP contribution is 2.22. The predicted molar refractivity (Wildman–Crippen MR) is 79.8 cm³/mol. The minimum Gasteiger partial charge on any atom is -0.396 e. The molecule has 1 aromatic heterocycles. The van der Waals surface area contributed by atoms with Crippen molar-refractivity contribution in [2.24, 2.45) is 0 Å². The first-order valence-electron chi connectivity index (χ1n) is 6.20. The highest BCUT2D eigenvalue weighted by molar-refractivity contribution is 5.83. The van der Waals surface area contributed by atoms with Crippen molar-refractivity contribution in [1.29, 1.82) is 0 Å². The van der Waals surface area contributed by atoms with Crippen LogP contribution in [-0.4, -0.2) is 4.98 Å². The number of hydrogen-bond acceptors (Lipinski definition) is 3. The number of rotatable bonds is 2. The molecule has 94 valence electrons. The number of fused-ring (bicyclic) bond motifs is 1. The molecular formula is C16H15N3. The molecular weight excluding hydrogens is 234 g/mol. The highest BCUT2D eigenvalue weighted by Gasteiger charge is 2.05. The SMILES string of the molecule is Nc1nccc(Cc2ccc3ccccc3c2)c1N. The first-order chi connectivity index (χ1) is 9.24. The lowest BCUT2D eigenvalue weighted by Gasteiger charge is -2.08. The third-order valence-corrected chi connectivity index (χ3v) is 3.32.